The molecule has 0 spiro atoms. The maximum absolute atomic E-state index is 13.0. The molecule has 0 fully saturated rings. The summed E-state index contributed by atoms with van der Waals surface area (Å²) in [7, 11) is 0. The van der Waals surface area contributed by atoms with Gasteiger partial charge in [0.2, 0.25) is 5.28 Å². The highest BCUT2D eigenvalue weighted by atomic mass is 35.5. The highest BCUT2D eigenvalue weighted by Crippen LogP contribution is 2.34. The van der Waals surface area contributed by atoms with E-state index < -0.39 is 24.2 Å². The van der Waals surface area contributed by atoms with Crippen molar-refractivity contribution in [1.82, 2.24) is 19.9 Å². The van der Waals surface area contributed by atoms with Crippen molar-refractivity contribution >= 4 is 22.8 Å². The molecule has 0 saturated carbocycles. The van der Waals surface area contributed by atoms with Crippen LogP contribution in [0.1, 0.15) is 49.7 Å². The number of hydrogen-bond donors (Lipinski definition) is 0. The van der Waals surface area contributed by atoms with E-state index >= 15 is 0 Å². The Morgan fingerprint density at radius 1 is 1.04 bits per heavy atom. The van der Waals surface area contributed by atoms with Gasteiger partial charge in [0.05, 0.1) is 17.3 Å². The van der Waals surface area contributed by atoms with Gasteiger partial charge in [-0.2, -0.15) is 18.2 Å². The van der Waals surface area contributed by atoms with Crippen LogP contribution in [0.15, 0.2) is 0 Å². The van der Waals surface area contributed by atoms with Gasteiger partial charge in [0.1, 0.15) is 11.2 Å². The molecule has 1 atom stereocenters. The molecule has 0 aliphatic carbocycles. The lowest BCUT2D eigenvalue weighted by atomic mass is 9.96. The molecule has 10 heteroatoms. The molecule has 25 heavy (non-hydrogen) atoms. The average Bonchev–Trinajstić information content (AvgIpc) is 2.48. The second-order valence-electron chi connectivity index (χ2n) is 5.67. The normalized spacial score (nSPS) is 13.6. The van der Waals surface area contributed by atoms with Crippen molar-refractivity contribution in [3.05, 3.63) is 22.4 Å². The summed E-state index contributed by atoms with van der Waals surface area (Å²) in [5, 5.41) is -0.208. The van der Waals surface area contributed by atoms with E-state index in [4.69, 9.17) is 11.6 Å². The first kappa shape index (κ1) is 19.7. The summed E-state index contributed by atoms with van der Waals surface area (Å²) >= 11 is 5.78. The molecule has 4 nitrogen and oxygen atoms in total. The molecule has 0 N–H and O–H groups in total. The molecule has 0 amide bonds. The molecule has 0 aliphatic heterocycles. The topological polar surface area (TPSA) is 51.6 Å². The first-order valence-electron chi connectivity index (χ1n) is 7.69. The van der Waals surface area contributed by atoms with Crippen LogP contribution in [-0.4, -0.2) is 26.1 Å². The summed E-state index contributed by atoms with van der Waals surface area (Å²) in [6.07, 6.45) is -7.18. The summed E-state index contributed by atoms with van der Waals surface area (Å²) in [4.78, 5) is 15.5. The van der Waals surface area contributed by atoms with Crippen LogP contribution in [-0.2, 0) is 6.42 Å². The van der Waals surface area contributed by atoms with E-state index in [1.807, 2.05) is 0 Å². The van der Waals surface area contributed by atoms with Gasteiger partial charge >= 0.3 is 6.18 Å². The van der Waals surface area contributed by atoms with E-state index in [0.29, 0.717) is 6.42 Å². The van der Waals surface area contributed by atoms with Gasteiger partial charge < -0.3 is 0 Å². The molecular formula is C15H16ClF5N4. The fourth-order valence-electron chi connectivity index (χ4n) is 2.58. The van der Waals surface area contributed by atoms with Gasteiger partial charge in [0, 0.05) is 0 Å². The molecule has 0 bridgehead atoms. The van der Waals surface area contributed by atoms with Gasteiger partial charge in [0.15, 0.2) is 5.65 Å². The second kappa shape index (κ2) is 7.72. The van der Waals surface area contributed by atoms with Gasteiger partial charge in [-0.3, -0.25) is 0 Å². The summed E-state index contributed by atoms with van der Waals surface area (Å²) in [6.45, 7) is 3.02. The number of halogens is 6. The summed E-state index contributed by atoms with van der Waals surface area (Å²) in [5.41, 5.74) is -0.503. The lowest BCUT2D eigenvalue weighted by Crippen LogP contribution is -2.23. The third kappa shape index (κ3) is 4.71. The lowest BCUT2D eigenvalue weighted by molar-refractivity contribution is -0.178. The molecule has 0 radical (unpaired) electrons. The van der Waals surface area contributed by atoms with Crippen molar-refractivity contribution in [2.75, 3.05) is 0 Å². The first-order chi connectivity index (χ1) is 11.6. The molecule has 138 valence electrons. The monoisotopic (exact) mass is 382 g/mol. The predicted octanol–water partition coefficient (Wildman–Crippen LogP) is 5.23. The quantitative estimate of drug-likeness (QED) is 0.507. The minimum absolute atomic E-state index is 0.00375. The van der Waals surface area contributed by atoms with Crippen molar-refractivity contribution in [2.24, 2.45) is 5.92 Å². The molecule has 0 unspecified atom stereocenters. The molecule has 2 aromatic heterocycles. The SMILES string of the molecule is CCC[C@H](CCc1nc(Cl)nc2nc(C)c(C(F)F)nc12)C(F)(F)F. The van der Waals surface area contributed by atoms with E-state index in [1.165, 1.54) is 6.92 Å². The maximum atomic E-state index is 13.0. The Kier molecular flexibility index (Phi) is 6.08. The number of nitrogens with zero attached hydrogens (tertiary/aromatic N) is 4. The number of hydrogen-bond acceptors (Lipinski definition) is 4. The summed E-state index contributed by atoms with van der Waals surface area (Å²) in [6, 6.07) is 0. The Balaban J connectivity index is 2.41. The van der Waals surface area contributed by atoms with Crippen LogP contribution >= 0.6 is 11.6 Å². The van der Waals surface area contributed by atoms with Crippen LogP contribution in [0.5, 0.6) is 0 Å². The Morgan fingerprint density at radius 3 is 2.28 bits per heavy atom. The Bertz CT molecular complexity index is 751. The zero-order valence-electron chi connectivity index (χ0n) is 13.5. The van der Waals surface area contributed by atoms with Crippen LogP contribution in [0, 0.1) is 12.8 Å². The minimum Gasteiger partial charge on any atom is -0.240 e. The van der Waals surface area contributed by atoms with Gasteiger partial charge in [-0.05, 0) is 37.8 Å². The van der Waals surface area contributed by atoms with Crippen LogP contribution in [0.3, 0.4) is 0 Å². The standard InChI is InChI=1S/C15H16ClF5N4/c1-3-4-8(15(19,20)21)5-6-9-11-13(25-14(16)23-9)22-7(2)10(24-11)12(17)18/h8,12H,3-6H2,1-2H3/t8-/m1/s1. The van der Waals surface area contributed by atoms with E-state index in [9.17, 15) is 22.0 Å². The average molecular weight is 383 g/mol. The number of aromatic nitrogens is 4. The molecule has 0 aliphatic rings. The Hall–Kier alpha value is -1.64. The van der Waals surface area contributed by atoms with Crippen molar-refractivity contribution in [3.63, 3.8) is 0 Å². The number of rotatable bonds is 6. The number of fused-ring (bicyclic) bond motifs is 1. The maximum Gasteiger partial charge on any atom is 0.391 e. The zero-order valence-corrected chi connectivity index (χ0v) is 14.3. The van der Waals surface area contributed by atoms with Gasteiger partial charge in [-0.25, -0.2) is 23.7 Å². The van der Waals surface area contributed by atoms with Crippen LogP contribution in [0.25, 0.3) is 11.2 Å². The summed E-state index contributed by atoms with van der Waals surface area (Å²) < 4.78 is 65.2. The second-order valence-corrected chi connectivity index (χ2v) is 6.01. The van der Waals surface area contributed by atoms with Gasteiger partial charge in [-0.1, -0.05) is 13.3 Å². The molecule has 0 saturated heterocycles. The largest absolute Gasteiger partial charge is 0.391 e. The number of aryl methyl sites for hydroxylation is 2. The van der Waals surface area contributed by atoms with Crippen LogP contribution in [0.2, 0.25) is 5.28 Å². The van der Waals surface area contributed by atoms with E-state index in [-0.39, 0.29) is 47.1 Å². The van der Waals surface area contributed by atoms with Gasteiger partial charge in [-0.15, -0.1) is 0 Å². The van der Waals surface area contributed by atoms with Crippen LogP contribution in [0.4, 0.5) is 22.0 Å². The summed E-state index contributed by atoms with van der Waals surface area (Å²) in [5.74, 6) is -1.51. The van der Waals surface area contributed by atoms with E-state index in [0.717, 1.165) is 0 Å². The van der Waals surface area contributed by atoms with Crippen molar-refractivity contribution in [3.8, 4) is 0 Å². The predicted molar refractivity (Wildman–Crippen MR) is 82.6 cm³/mol. The number of alkyl halides is 5. The van der Waals surface area contributed by atoms with Crippen molar-refractivity contribution in [1.29, 1.82) is 0 Å². The highest BCUT2D eigenvalue weighted by Gasteiger charge is 2.38. The third-order valence-electron chi connectivity index (χ3n) is 3.82. The first-order valence-corrected chi connectivity index (χ1v) is 8.06. The Labute approximate surface area is 145 Å². The van der Waals surface area contributed by atoms with Crippen LogP contribution < -0.4 is 0 Å². The lowest BCUT2D eigenvalue weighted by Gasteiger charge is -2.19. The molecule has 0 aromatic carbocycles. The fraction of sp³-hybridized carbons (Fsp3) is 0.600. The molecule has 2 heterocycles. The van der Waals surface area contributed by atoms with E-state index in [1.54, 1.807) is 6.92 Å². The molecular weight excluding hydrogens is 367 g/mol. The smallest absolute Gasteiger partial charge is 0.240 e. The highest BCUT2D eigenvalue weighted by molar-refractivity contribution is 6.28. The van der Waals surface area contributed by atoms with E-state index in [2.05, 4.69) is 19.9 Å². The minimum atomic E-state index is -4.33. The van der Waals surface area contributed by atoms with Crippen molar-refractivity contribution < 1.29 is 22.0 Å². The molecule has 2 aromatic rings. The van der Waals surface area contributed by atoms with Gasteiger partial charge in [0.25, 0.3) is 6.43 Å². The fourth-order valence-corrected chi connectivity index (χ4v) is 2.76. The van der Waals surface area contributed by atoms with Crippen molar-refractivity contribution in [2.45, 2.75) is 52.1 Å². The third-order valence-corrected chi connectivity index (χ3v) is 3.99. The Morgan fingerprint density at radius 2 is 1.72 bits per heavy atom. The zero-order chi connectivity index (χ0) is 18.8. The molecule has 2 rings (SSSR count).